The minimum Gasteiger partial charge on any atom is -0.393 e. The van der Waals surface area contributed by atoms with Crippen molar-refractivity contribution in [3.8, 4) is 17.3 Å². The molecule has 3 N–H and O–H groups in total. The molecule has 0 amide bonds. The van der Waals surface area contributed by atoms with Gasteiger partial charge in [-0.3, -0.25) is 4.68 Å². The molecule has 3 heterocycles. The van der Waals surface area contributed by atoms with Crippen LogP contribution in [0.15, 0.2) is 12.4 Å². The fourth-order valence-electron chi connectivity index (χ4n) is 3.85. The molecule has 4 rings (SSSR count). The van der Waals surface area contributed by atoms with E-state index in [1.165, 1.54) is 19.0 Å². The van der Waals surface area contributed by atoms with Gasteiger partial charge in [0.25, 0.3) is 0 Å². The number of nitrogens with two attached hydrogens (primary N) is 1. The van der Waals surface area contributed by atoms with E-state index in [-0.39, 0.29) is 12.1 Å². The highest BCUT2D eigenvalue weighted by Gasteiger charge is 2.23. The third-order valence-corrected chi connectivity index (χ3v) is 5.59. The number of nitrogens with zero attached hydrogens (tertiary/aromatic N) is 6. The smallest absolute Gasteiger partial charge is 0.220 e. The van der Waals surface area contributed by atoms with Crippen molar-refractivity contribution in [2.24, 2.45) is 0 Å². The van der Waals surface area contributed by atoms with Crippen molar-refractivity contribution in [2.45, 2.75) is 57.6 Å². The summed E-state index contributed by atoms with van der Waals surface area (Å²) in [6, 6.07) is 2.52. The first-order chi connectivity index (χ1) is 13.5. The first-order valence-corrected chi connectivity index (χ1v) is 9.93. The number of piperidine rings is 1. The minimum absolute atomic E-state index is 0.0463. The van der Waals surface area contributed by atoms with E-state index in [1.54, 1.807) is 6.20 Å². The molecule has 8 nitrogen and oxygen atoms in total. The van der Waals surface area contributed by atoms with E-state index in [2.05, 4.69) is 37.8 Å². The van der Waals surface area contributed by atoms with Gasteiger partial charge in [-0.25, -0.2) is 9.97 Å². The molecule has 2 aromatic rings. The zero-order chi connectivity index (χ0) is 20.1. The van der Waals surface area contributed by atoms with E-state index >= 15 is 0 Å². The van der Waals surface area contributed by atoms with Gasteiger partial charge in [0.2, 0.25) is 5.95 Å². The maximum Gasteiger partial charge on any atom is 0.220 e. The highest BCUT2D eigenvalue weighted by Crippen LogP contribution is 2.29. The molecular formula is C20H29N7O. The van der Waals surface area contributed by atoms with Crippen molar-refractivity contribution in [3.05, 3.63) is 23.7 Å². The third-order valence-electron chi connectivity index (χ3n) is 5.59. The van der Waals surface area contributed by atoms with E-state index in [1.807, 2.05) is 6.92 Å². The number of aliphatic hydroxyl groups excluding tert-OH is 1. The summed E-state index contributed by atoms with van der Waals surface area (Å²) in [6.07, 6.45) is 10.00. The number of hydrogen-bond acceptors (Lipinski definition) is 7. The van der Waals surface area contributed by atoms with Gasteiger partial charge in [0, 0.05) is 11.3 Å². The van der Waals surface area contributed by atoms with Crippen LogP contribution in [0.2, 0.25) is 0 Å². The van der Waals surface area contributed by atoms with Crippen LogP contribution < -0.4 is 5.73 Å². The number of nitriles is 1. The van der Waals surface area contributed by atoms with E-state index in [9.17, 15) is 5.26 Å². The first-order valence-electron chi connectivity index (χ1n) is 9.93. The number of aliphatic hydroxyl groups is 1. The van der Waals surface area contributed by atoms with E-state index in [0.717, 1.165) is 50.0 Å². The maximum atomic E-state index is 9.24. The molecule has 1 saturated heterocycles. The molecule has 1 aliphatic heterocycles. The summed E-state index contributed by atoms with van der Waals surface area (Å²) < 4.78 is 2.06. The summed E-state index contributed by atoms with van der Waals surface area (Å²) in [7, 11) is 2.14. The van der Waals surface area contributed by atoms with Crippen molar-refractivity contribution < 1.29 is 5.11 Å². The molecule has 1 aliphatic carbocycles. The fourth-order valence-corrected chi connectivity index (χ4v) is 3.85. The van der Waals surface area contributed by atoms with Gasteiger partial charge in [-0.05, 0) is 52.7 Å². The lowest BCUT2D eigenvalue weighted by Gasteiger charge is -2.29. The van der Waals surface area contributed by atoms with Crippen LogP contribution in [0.25, 0.3) is 11.3 Å². The largest absolute Gasteiger partial charge is 0.393 e. The van der Waals surface area contributed by atoms with Crippen LogP contribution in [0.4, 0.5) is 5.95 Å². The lowest BCUT2D eigenvalue weighted by molar-refractivity contribution is 0.183. The summed E-state index contributed by atoms with van der Waals surface area (Å²) in [5.41, 5.74) is 8.52. The van der Waals surface area contributed by atoms with Crippen LogP contribution >= 0.6 is 0 Å². The Kier molecular flexibility index (Phi) is 6.60. The summed E-state index contributed by atoms with van der Waals surface area (Å²) >= 11 is 0. The Bertz CT molecular complexity index is 828. The lowest BCUT2D eigenvalue weighted by atomic mass is 10.0. The molecule has 0 radical (unpaired) electrons. The second-order valence-corrected chi connectivity index (χ2v) is 7.66. The predicted molar refractivity (Wildman–Crippen MR) is 107 cm³/mol. The highest BCUT2D eigenvalue weighted by molar-refractivity contribution is 5.68. The average molecular weight is 384 g/mol. The monoisotopic (exact) mass is 383 g/mol. The Hall–Kier alpha value is -2.50. The van der Waals surface area contributed by atoms with Crippen LogP contribution in [0.5, 0.6) is 0 Å². The molecule has 150 valence electrons. The normalized spacial score (nSPS) is 18.5. The number of aromatic nitrogens is 4. The summed E-state index contributed by atoms with van der Waals surface area (Å²) in [5, 5.41) is 22.5. The SMILES string of the molecule is Cc1c(-c2nc(N)ncc2C#N)cnn1C1CCN(C)CC1.OC1CCCC1. The first kappa shape index (κ1) is 20.2. The van der Waals surface area contributed by atoms with Crippen LogP contribution in [0, 0.1) is 18.3 Å². The van der Waals surface area contributed by atoms with E-state index in [4.69, 9.17) is 10.8 Å². The van der Waals surface area contributed by atoms with Gasteiger partial charge in [0.1, 0.15) is 6.07 Å². The van der Waals surface area contributed by atoms with Gasteiger partial charge in [-0.15, -0.1) is 0 Å². The quantitative estimate of drug-likeness (QED) is 0.817. The van der Waals surface area contributed by atoms with Gasteiger partial charge < -0.3 is 15.7 Å². The number of likely N-dealkylation sites (tertiary alicyclic amines) is 1. The Balaban J connectivity index is 0.000000320. The predicted octanol–water partition coefficient (Wildman–Crippen LogP) is 2.29. The summed E-state index contributed by atoms with van der Waals surface area (Å²) in [6.45, 7) is 4.16. The van der Waals surface area contributed by atoms with Crippen molar-refractivity contribution in [2.75, 3.05) is 25.9 Å². The van der Waals surface area contributed by atoms with Crippen molar-refractivity contribution in [1.29, 1.82) is 5.26 Å². The molecule has 28 heavy (non-hydrogen) atoms. The molecule has 0 bridgehead atoms. The van der Waals surface area contributed by atoms with Gasteiger partial charge in [0.15, 0.2) is 0 Å². The van der Waals surface area contributed by atoms with E-state index < -0.39 is 0 Å². The molecule has 8 heteroatoms. The van der Waals surface area contributed by atoms with Gasteiger partial charge in [0.05, 0.1) is 35.8 Å². The number of rotatable bonds is 2. The second-order valence-electron chi connectivity index (χ2n) is 7.66. The fraction of sp³-hybridized carbons (Fsp3) is 0.600. The lowest BCUT2D eigenvalue weighted by Crippen LogP contribution is -2.32. The third kappa shape index (κ3) is 4.66. The van der Waals surface area contributed by atoms with Crippen LogP contribution in [0.1, 0.15) is 55.8 Å². The number of nitrogen functional groups attached to an aromatic ring is 1. The molecule has 2 aromatic heterocycles. The minimum atomic E-state index is 0.0463. The topological polar surface area (TPSA) is 117 Å². The average Bonchev–Trinajstić information content (AvgIpc) is 3.32. The Labute approximate surface area is 166 Å². The Morgan fingerprint density at radius 2 is 1.86 bits per heavy atom. The van der Waals surface area contributed by atoms with E-state index in [0.29, 0.717) is 17.3 Å². The van der Waals surface area contributed by atoms with Crippen molar-refractivity contribution >= 4 is 5.95 Å². The Morgan fingerprint density at radius 1 is 1.18 bits per heavy atom. The van der Waals surface area contributed by atoms with Crippen LogP contribution in [-0.4, -0.2) is 56.0 Å². The second kappa shape index (κ2) is 9.13. The van der Waals surface area contributed by atoms with Gasteiger partial charge >= 0.3 is 0 Å². The summed E-state index contributed by atoms with van der Waals surface area (Å²) in [5.74, 6) is 0.167. The molecule has 0 spiro atoms. The Morgan fingerprint density at radius 3 is 2.43 bits per heavy atom. The summed E-state index contributed by atoms with van der Waals surface area (Å²) in [4.78, 5) is 10.4. The molecule has 2 aliphatic rings. The molecule has 0 unspecified atom stereocenters. The van der Waals surface area contributed by atoms with Crippen LogP contribution in [0.3, 0.4) is 0 Å². The number of anilines is 1. The van der Waals surface area contributed by atoms with Crippen molar-refractivity contribution in [3.63, 3.8) is 0 Å². The van der Waals surface area contributed by atoms with Crippen molar-refractivity contribution in [1.82, 2.24) is 24.6 Å². The van der Waals surface area contributed by atoms with Gasteiger partial charge in [-0.2, -0.15) is 10.4 Å². The maximum absolute atomic E-state index is 9.24. The molecule has 0 atom stereocenters. The van der Waals surface area contributed by atoms with Gasteiger partial charge in [-0.1, -0.05) is 12.8 Å². The highest BCUT2D eigenvalue weighted by atomic mass is 16.3. The number of hydrogen-bond donors (Lipinski definition) is 2. The zero-order valence-corrected chi connectivity index (χ0v) is 16.7. The van der Waals surface area contributed by atoms with Crippen LogP contribution in [-0.2, 0) is 0 Å². The molecule has 2 fully saturated rings. The standard InChI is InChI=1S/C15H19N7.C5H10O/c1-10-13(14-11(7-16)8-18-15(17)20-14)9-19-22(10)12-3-5-21(2)6-4-12;6-5-3-1-2-4-5/h8-9,12H,3-6H2,1-2H3,(H2,17,18,20);5-6H,1-4H2. The molecule has 0 aromatic carbocycles. The zero-order valence-electron chi connectivity index (χ0n) is 16.7. The molecular weight excluding hydrogens is 354 g/mol. The molecule has 1 saturated carbocycles.